The zero-order valence-corrected chi connectivity index (χ0v) is 15.8. The third-order valence-corrected chi connectivity index (χ3v) is 9.21. The van der Waals surface area contributed by atoms with E-state index in [0.717, 1.165) is 25.7 Å². The van der Waals surface area contributed by atoms with Crippen molar-refractivity contribution in [3.63, 3.8) is 0 Å². The van der Waals surface area contributed by atoms with Crippen molar-refractivity contribution < 1.29 is 19.4 Å². The van der Waals surface area contributed by atoms with Gasteiger partial charge in [0.15, 0.2) is 23.8 Å². The van der Waals surface area contributed by atoms with Gasteiger partial charge in [-0.25, -0.2) is 9.78 Å². The van der Waals surface area contributed by atoms with Crippen molar-refractivity contribution in [3.05, 3.63) is 0 Å². The van der Waals surface area contributed by atoms with Gasteiger partial charge in [0.05, 0.1) is 0 Å². The molecule has 4 heteroatoms. The first-order valence-electron chi connectivity index (χ1n) is 9.39. The van der Waals surface area contributed by atoms with Crippen molar-refractivity contribution in [1.29, 1.82) is 0 Å². The van der Waals surface area contributed by atoms with Gasteiger partial charge >= 0.3 is 0 Å². The Hall–Kier alpha value is -0.740. The second kappa shape index (κ2) is 4.50. The minimum Gasteiger partial charge on any atom is -0.296 e. The van der Waals surface area contributed by atoms with Crippen LogP contribution in [0.25, 0.3) is 0 Å². The third-order valence-electron chi connectivity index (χ3n) is 9.21. The molecule has 0 saturated heterocycles. The number of ketones is 2. The van der Waals surface area contributed by atoms with Gasteiger partial charge in [0, 0.05) is 22.7 Å². The molecule has 4 bridgehead atoms. The van der Waals surface area contributed by atoms with E-state index in [1.165, 1.54) is 0 Å². The third kappa shape index (κ3) is 1.58. The summed E-state index contributed by atoms with van der Waals surface area (Å²) < 4.78 is 0. The number of hydrogen-bond acceptors (Lipinski definition) is 4. The predicted octanol–water partition coefficient (Wildman–Crippen LogP) is 3.72. The fourth-order valence-corrected chi connectivity index (χ4v) is 6.35. The van der Waals surface area contributed by atoms with E-state index in [0.29, 0.717) is 0 Å². The number of rotatable bonds is 3. The topological polar surface area (TPSA) is 52.6 Å². The molecule has 4 aliphatic rings. The molecule has 0 amide bonds. The van der Waals surface area contributed by atoms with E-state index in [4.69, 9.17) is 9.78 Å². The van der Waals surface area contributed by atoms with E-state index in [1.807, 2.05) is 0 Å². The van der Waals surface area contributed by atoms with Crippen molar-refractivity contribution in [1.82, 2.24) is 0 Å². The average molecular weight is 334 g/mol. The Labute approximate surface area is 144 Å². The molecule has 4 aliphatic carbocycles. The number of carbonyl (C=O) groups is 2. The molecule has 4 saturated carbocycles. The van der Waals surface area contributed by atoms with Crippen LogP contribution < -0.4 is 0 Å². The van der Waals surface area contributed by atoms with E-state index in [2.05, 4.69) is 41.5 Å². The van der Waals surface area contributed by atoms with Gasteiger partial charge in [0.25, 0.3) is 0 Å². The smallest absolute Gasteiger partial charge is 0.171 e. The fourth-order valence-electron chi connectivity index (χ4n) is 6.35. The quantitative estimate of drug-likeness (QED) is 0.583. The second-order valence-corrected chi connectivity index (χ2v) is 10.2. The maximum atomic E-state index is 12.9. The van der Waals surface area contributed by atoms with Crippen molar-refractivity contribution >= 4 is 11.6 Å². The summed E-state index contributed by atoms with van der Waals surface area (Å²) in [6.07, 6.45) is 2.82. The average Bonchev–Trinajstić information content (AvgIpc) is 2.97. The monoisotopic (exact) mass is 334 g/mol. The van der Waals surface area contributed by atoms with Crippen LogP contribution >= 0.6 is 0 Å². The van der Waals surface area contributed by atoms with Gasteiger partial charge < -0.3 is 0 Å². The molecular weight excluding hydrogens is 304 g/mol. The first-order chi connectivity index (χ1) is 11.0. The lowest BCUT2D eigenvalue weighted by atomic mass is 9.70. The van der Waals surface area contributed by atoms with E-state index in [1.54, 1.807) is 0 Å². The number of hydrogen-bond donors (Lipinski definition) is 0. The molecule has 0 aromatic rings. The molecule has 4 rings (SSSR count). The van der Waals surface area contributed by atoms with Crippen LogP contribution in [0.2, 0.25) is 0 Å². The van der Waals surface area contributed by atoms with Crippen LogP contribution in [0.3, 0.4) is 0 Å². The SMILES string of the molecule is CC12CCC(C(OOC3C(=O)C4(C)CCC3C4(C)C)C1=O)C2(C)C. The highest BCUT2D eigenvalue weighted by atomic mass is 17.2. The summed E-state index contributed by atoms with van der Waals surface area (Å²) in [7, 11) is 0. The van der Waals surface area contributed by atoms with Gasteiger partial charge in [-0.05, 0) is 36.5 Å². The molecule has 0 aliphatic heterocycles. The van der Waals surface area contributed by atoms with Crippen LogP contribution in [-0.2, 0) is 19.4 Å². The highest BCUT2D eigenvalue weighted by molar-refractivity contribution is 5.94. The Morgan fingerprint density at radius 3 is 1.29 bits per heavy atom. The summed E-state index contributed by atoms with van der Waals surface area (Å²) in [5.74, 6) is 0.689. The summed E-state index contributed by atoms with van der Waals surface area (Å²) >= 11 is 0. The fraction of sp³-hybridized carbons (Fsp3) is 0.900. The van der Waals surface area contributed by atoms with Gasteiger partial charge in [-0.3, -0.25) is 9.59 Å². The maximum absolute atomic E-state index is 12.9. The van der Waals surface area contributed by atoms with Crippen LogP contribution in [0.15, 0.2) is 0 Å². The normalized spacial score (nSPS) is 50.9. The molecule has 0 heterocycles. The molecule has 4 fully saturated rings. The van der Waals surface area contributed by atoms with E-state index >= 15 is 0 Å². The Balaban J connectivity index is 1.52. The molecule has 134 valence electrons. The van der Waals surface area contributed by atoms with Crippen molar-refractivity contribution in [2.24, 2.45) is 33.5 Å². The second-order valence-electron chi connectivity index (χ2n) is 10.2. The minimum atomic E-state index is -0.512. The van der Waals surface area contributed by atoms with Gasteiger partial charge in [0.2, 0.25) is 0 Å². The number of fused-ring (bicyclic) bond motifs is 4. The Kier molecular flexibility index (Phi) is 3.14. The number of Topliss-reactive ketones (excluding diaryl/α,β-unsaturated/α-hetero) is 2. The summed E-state index contributed by atoms with van der Waals surface area (Å²) in [5.41, 5.74) is -0.782. The number of carbonyl (C=O) groups excluding carboxylic acids is 2. The van der Waals surface area contributed by atoms with Gasteiger partial charge in [0.1, 0.15) is 0 Å². The largest absolute Gasteiger partial charge is 0.296 e. The molecule has 0 N–H and O–H groups in total. The Morgan fingerprint density at radius 2 is 1.04 bits per heavy atom. The molecule has 0 spiro atoms. The standard InChI is InChI=1S/C20H30O4/c1-17(2)11-7-9-19(17,5)15(21)13(11)23-24-14-12-8-10-20(6,16(14)22)18(12,3)4/h11-14H,7-10H2,1-6H3. The summed E-state index contributed by atoms with van der Waals surface area (Å²) in [6.45, 7) is 12.8. The van der Waals surface area contributed by atoms with Crippen molar-refractivity contribution in [3.8, 4) is 0 Å². The van der Waals surface area contributed by atoms with Gasteiger partial charge in [-0.2, -0.15) is 0 Å². The predicted molar refractivity (Wildman–Crippen MR) is 89.0 cm³/mol. The van der Waals surface area contributed by atoms with Gasteiger partial charge in [-0.1, -0.05) is 41.5 Å². The zero-order valence-electron chi connectivity index (χ0n) is 15.8. The van der Waals surface area contributed by atoms with Crippen LogP contribution in [0.4, 0.5) is 0 Å². The molecule has 6 atom stereocenters. The lowest BCUT2D eigenvalue weighted by Gasteiger charge is -2.31. The Morgan fingerprint density at radius 1 is 0.708 bits per heavy atom. The Bertz CT molecular complexity index is 567. The molecular formula is C20H30O4. The van der Waals surface area contributed by atoms with Crippen LogP contribution in [0.1, 0.15) is 67.2 Å². The van der Waals surface area contributed by atoms with E-state index < -0.39 is 12.2 Å². The molecule has 0 radical (unpaired) electrons. The first kappa shape index (κ1) is 16.7. The highest BCUT2D eigenvalue weighted by Crippen LogP contribution is 2.66. The molecule has 0 aromatic carbocycles. The molecule has 6 unspecified atom stereocenters. The summed E-state index contributed by atoms with van der Waals surface area (Å²) in [6, 6.07) is 0. The molecule has 4 nitrogen and oxygen atoms in total. The van der Waals surface area contributed by atoms with Crippen LogP contribution in [0.5, 0.6) is 0 Å². The van der Waals surface area contributed by atoms with Crippen LogP contribution in [0, 0.1) is 33.5 Å². The van der Waals surface area contributed by atoms with Crippen molar-refractivity contribution in [2.45, 2.75) is 79.4 Å². The van der Waals surface area contributed by atoms with Crippen molar-refractivity contribution in [2.75, 3.05) is 0 Å². The highest BCUT2D eigenvalue weighted by Gasteiger charge is 2.69. The minimum absolute atomic E-state index is 0.0674. The lowest BCUT2D eigenvalue weighted by Crippen LogP contribution is -2.40. The van der Waals surface area contributed by atoms with E-state index in [9.17, 15) is 9.59 Å². The molecule has 24 heavy (non-hydrogen) atoms. The van der Waals surface area contributed by atoms with E-state index in [-0.39, 0.29) is 45.1 Å². The first-order valence-corrected chi connectivity index (χ1v) is 9.39. The van der Waals surface area contributed by atoms with Gasteiger partial charge in [-0.15, -0.1) is 0 Å². The van der Waals surface area contributed by atoms with Crippen LogP contribution in [-0.4, -0.2) is 23.8 Å². The zero-order chi connectivity index (χ0) is 17.7. The molecule has 0 aromatic heterocycles. The summed E-state index contributed by atoms with van der Waals surface area (Å²) in [5, 5.41) is 0. The maximum Gasteiger partial charge on any atom is 0.171 e. The summed E-state index contributed by atoms with van der Waals surface area (Å²) in [4.78, 5) is 37.2. The lowest BCUT2D eigenvalue weighted by molar-refractivity contribution is -0.350.